The molecule has 9 rings (SSSR count). The van der Waals surface area contributed by atoms with Crippen molar-refractivity contribution in [2.75, 3.05) is 0 Å². The van der Waals surface area contributed by atoms with Gasteiger partial charge in [-0.1, -0.05) is 23.7 Å². The monoisotopic (exact) mass is 423 g/mol. The SMILES string of the molecule is C[C@@H](NC1C2CC3CC(C2)CC1C3)C12C[C@H]3C[C@@H](CC(c4ccc(Cl)cc4)(C3)C1)C2. The molecule has 30 heavy (non-hydrogen) atoms. The van der Waals surface area contributed by atoms with Crippen molar-refractivity contribution in [3.8, 4) is 0 Å². The second-order valence-electron chi connectivity index (χ2n) is 13.0. The largest absolute Gasteiger partial charge is 0.310 e. The van der Waals surface area contributed by atoms with E-state index in [0.29, 0.717) is 16.9 Å². The zero-order valence-corrected chi connectivity index (χ0v) is 19.3. The molecule has 8 aliphatic rings. The Morgan fingerprint density at radius 1 is 0.800 bits per heavy atom. The molecule has 1 aromatic carbocycles. The van der Waals surface area contributed by atoms with Gasteiger partial charge >= 0.3 is 0 Å². The fourth-order valence-corrected chi connectivity index (χ4v) is 10.8. The normalized spacial score (nSPS) is 51.5. The van der Waals surface area contributed by atoms with Crippen LogP contribution in [0.4, 0.5) is 0 Å². The third kappa shape index (κ3) is 2.76. The summed E-state index contributed by atoms with van der Waals surface area (Å²) in [7, 11) is 0. The quantitative estimate of drug-likeness (QED) is 0.550. The van der Waals surface area contributed by atoms with E-state index in [1.54, 1.807) is 12.0 Å². The molecular weight excluding hydrogens is 386 g/mol. The van der Waals surface area contributed by atoms with Crippen LogP contribution in [0.1, 0.15) is 83.1 Å². The molecule has 1 nitrogen and oxygen atoms in total. The molecular formula is C28H38ClN. The van der Waals surface area contributed by atoms with E-state index in [9.17, 15) is 0 Å². The van der Waals surface area contributed by atoms with Gasteiger partial charge in [0.25, 0.3) is 0 Å². The molecule has 0 amide bonds. The van der Waals surface area contributed by atoms with Crippen molar-refractivity contribution in [1.82, 2.24) is 5.32 Å². The molecule has 1 aromatic rings. The van der Waals surface area contributed by atoms with Gasteiger partial charge in [0.05, 0.1) is 0 Å². The summed E-state index contributed by atoms with van der Waals surface area (Å²) in [6.45, 7) is 2.59. The van der Waals surface area contributed by atoms with Gasteiger partial charge in [0, 0.05) is 17.1 Å². The van der Waals surface area contributed by atoms with Crippen molar-refractivity contribution in [3.05, 3.63) is 34.9 Å². The highest BCUT2D eigenvalue weighted by atomic mass is 35.5. The Hall–Kier alpha value is -0.530. The van der Waals surface area contributed by atoms with E-state index < -0.39 is 0 Å². The van der Waals surface area contributed by atoms with E-state index in [1.807, 2.05) is 0 Å². The predicted octanol–water partition coefficient (Wildman–Crippen LogP) is 6.98. The first-order chi connectivity index (χ1) is 14.5. The van der Waals surface area contributed by atoms with E-state index in [2.05, 4.69) is 36.5 Å². The summed E-state index contributed by atoms with van der Waals surface area (Å²) in [6, 6.07) is 10.5. The average Bonchev–Trinajstić information content (AvgIpc) is 2.69. The highest BCUT2D eigenvalue weighted by Gasteiger charge is 2.60. The first-order valence-corrected chi connectivity index (χ1v) is 13.4. The Labute approximate surface area is 187 Å². The van der Waals surface area contributed by atoms with Crippen LogP contribution < -0.4 is 5.32 Å². The summed E-state index contributed by atoms with van der Waals surface area (Å²) < 4.78 is 0. The second kappa shape index (κ2) is 6.50. The average molecular weight is 424 g/mol. The third-order valence-electron chi connectivity index (χ3n) is 11.2. The molecule has 0 radical (unpaired) electrons. The maximum Gasteiger partial charge on any atom is 0.0406 e. The smallest absolute Gasteiger partial charge is 0.0406 e. The van der Waals surface area contributed by atoms with Crippen LogP contribution in [0.3, 0.4) is 0 Å². The van der Waals surface area contributed by atoms with Crippen molar-refractivity contribution < 1.29 is 0 Å². The van der Waals surface area contributed by atoms with Crippen LogP contribution in [0.15, 0.2) is 24.3 Å². The number of rotatable bonds is 4. The lowest BCUT2D eigenvalue weighted by Crippen LogP contribution is -2.64. The number of halogens is 1. The third-order valence-corrected chi connectivity index (χ3v) is 11.4. The van der Waals surface area contributed by atoms with Crippen LogP contribution in [-0.4, -0.2) is 12.1 Å². The minimum Gasteiger partial charge on any atom is -0.310 e. The Morgan fingerprint density at radius 3 is 1.97 bits per heavy atom. The second-order valence-corrected chi connectivity index (χ2v) is 13.4. The summed E-state index contributed by atoms with van der Waals surface area (Å²) in [5.74, 6) is 6.03. The molecule has 8 bridgehead atoms. The van der Waals surface area contributed by atoms with Gasteiger partial charge in [-0.15, -0.1) is 0 Å². The molecule has 162 valence electrons. The lowest BCUT2D eigenvalue weighted by atomic mass is 9.41. The molecule has 0 aromatic heterocycles. The topological polar surface area (TPSA) is 12.0 Å². The Kier molecular flexibility index (Phi) is 4.12. The van der Waals surface area contributed by atoms with Crippen molar-refractivity contribution in [2.24, 2.45) is 40.9 Å². The summed E-state index contributed by atoms with van der Waals surface area (Å²) in [6.07, 6.45) is 16.4. The van der Waals surface area contributed by atoms with Gasteiger partial charge < -0.3 is 5.32 Å². The van der Waals surface area contributed by atoms with Crippen LogP contribution in [0.2, 0.25) is 5.02 Å². The van der Waals surface area contributed by atoms with Crippen molar-refractivity contribution in [3.63, 3.8) is 0 Å². The van der Waals surface area contributed by atoms with Crippen molar-refractivity contribution in [2.45, 2.75) is 95.1 Å². The van der Waals surface area contributed by atoms with Gasteiger partial charge in [-0.3, -0.25) is 0 Å². The van der Waals surface area contributed by atoms with Crippen LogP contribution in [0, 0.1) is 40.9 Å². The molecule has 0 spiro atoms. The van der Waals surface area contributed by atoms with Crippen LogP contribution in [-0.2, 0) is 5.41 Å². The fraction of sp³-hybridized carbons (Fsp3) is 0.786. The summed E-state index contributed by atoms with van der Waals surface area (Å²) in [4.78, 5) is 0. The van der Waals surface area contributed by atoms with Gasteiger partial charge in [0.1, 0.15) is 0 Å². The summed E-state index contributed by atoms with van der Waals surface area (Å²) >= 11 is 6.26. The molecule has 8 fully saturated rings. The number of hydrogen-bond acceptors (Lipinski definition) is 1. The number of nitrogens with one attached hydrogen (secondary N) is 1. The van der Waals surface area contributed by atoms with Crippen molar-refractivity contribution in [1.29, 1.82) is 0 Å². The first-order valence-electron chi connectivity index (χ1n) is 13.0. The van der Waals surface area contributed by atoms with Gasteiger partial charge in [-0.25, -0.2) is 0 Å². The van der Waals surface area contributed by atoms with E-state index in [1.165, 1.54) is 64.2 Å². The Morgan fingerprint density at radius 2 is 1.37 bits per heavy atom. The maximum absolute atomic E-state index is 6.26. The lowest BCUT2D eigenvalue weighted by Gasteiger charge is -2.65. The molecule has 0 saturated heterocycles. The van der Waals surface area contributed by atoms with Gasteiger partial charge in [-0.2, -0.15) is 0 Å². The molecule has 0 unspecified atom stereocenters. The molecule has 8 saturated carbocycles. The fourth-order valence-electron chi connectivity index (χ4n) is 10.6. The Balaban J connectivity index is 1.17. The zero-order valence-electron chi connectivity index (χ0n) is 18.6. The van der Waals surface area contributed by atoms with Gasteiger partial charge in [-0.05, 0) is 142 Å². The minimum absolute atomic E-state index is 0.425. The molecule has 1 N–H and O–H groups in total. The highest BCUT2D eigenvalue weighted by molar-refractivity contribution is 6.30. The standard InChI is InChI=1S/C28H38ClN/c1-17(30-26-22-8-18-6-19(10-22)11-23(26)9-18)27-12-20-7-21(13-27)15-28(14-20,16-27)24-2-4-25(29)5-3-24/h2-5,17-23,26,30H,6-16H2,1H3/t17-,18?,19?,20-,21-,22?,23?,26?,27?,28?/m1/s1. The molecule has 3 atom stereocenters. The summed E-state index contributed by atoms with van der Waals surface area (Å²) in [5, 5.41) is 5.26. The predicted molar refractivity (Wildman–Crippen MR) is 124 cm³/mol. The van der Waals surface area contributed by atoms with E-state index in [-0.39, 0.29) is 0 Å². The van der Waals surface area contributed by atoms with Crippen molar-refractivity contribution >= 4 is 11.6 Å². The molecule has 2 heteroatoms. The number of hydrogen-bond donors (Lipinski definition) is 1. The molecule has 0 aliphatic heterocycles. The van der Waals surface area contributed by atoms with Gasteiger partial charge in [0.15, 0.2) is 0 Å². The van der Waals surface area contributed by atoms with Gasteiger partial charge in [0.2, 0.25) is 0 Å². The zero-order chi connectivity index (χ0) is 20.1. The lowest BCUT2D eigenvalue weighted by molar-refractivity contribution is -0.0986. The highest BCUT2D eigenvalue weighted by Crippen LogP contribution is 2.67. The molecule has 0 heterocycles. The number of benzene rings is 1. The van der Waals surface area contributed by atoms with E-state index >= 15 is 0 Å². The first kappa shape index (κ1) is 19.0. The van der Waals surface area contributed by atoms with Crippen LogP contribution >= 0.6 is 11.6 Å². The molecule has 8 aliphatic carbocycles. The minimum atomic E-state index is 0.425. The van der Waals surface area contributed by atoms with E-state index in [4.69, 9.17) is 11.6 Å². The van der Waals surface area contributed by atoms with E-state index in [0.717, 1.165) is 46.6 Å². The maximum atomic E-state index is 6.26. The van der Waals surface area contributed by atoms with Crippen LogP contribution in [0.25, 0.3) is 0 Å². The van der Waals surface area contributed by atoms with Crippen LogP contribution in [0.5, 0.6) is 0 Å². The Bertz CT molecular complexity index is 786. The summed E-state index contributed by atoms with van der Waals surface area (Å²) in [5.41, 5.74) is 2.54.